The second-order valence-electron chi connectivity index (χ2n) is 1.55. The molecule has 0 aromatic heterocycles. The van der Waals surface area contributed by atoms with E-state index in [-0.39, 0.29) is 16.5 Å². The van der Waals surface area contributed by atoms with E-state index in [9.17, 15) is 9.18 Å². The van der Waals surface area contributed by atoms with Crippen LogP contribution >= 0.6 is 22.6 Å². The van der Waals surface area contributed by atoms with Crippen molar-refractivity contribution in [3.05, 3.63) is 0 Å². The minimum atomic E-state index is -0.451. The molecule has 1 atom stereocenters. The fourth-order valence-electron chi connectivity index (χ4n) is 0.252. The topological polar surface area (TPSA) is 26.3 Å². The van der Waals surface area contributed by atoms with Gasteiger partial charge in [-0.05, 0) is 0 Å². The van der Waals surface area contributed by atoms with Crippen molar-refractivity contribution >= 4 is 28.6 Å². The lowest BCUT2D eigenvalue weighted by Crippen LogP contribution is -2.12. The van der Waals surface area contributed by atoms with Crippen LogP contribution in [0.25, 0.3) is 0 Å². The Morgan fingerprint density at radius 2 is 2.44 bits per heavy atom. The van der Waals surface area contributed by atoms with Crippen molar-refractivity contribution in [3.63, 3.8) is 0 Å². The Kier molecular flexibility index (Phi) is 5.03. The monoisotopic (exact) mass is 246 g/mol. The molecule has 0 rings (SSSR count). The minimum absolute atomic E-state index is 0.173. The highest BCUT2D eigenvalue weighted by Crippen LogP contribution is 2.00. The average Bonchev–Trinajstić information content (AvgIpc) is 1.83. The molecule has 0 aliphatic carbocycles. The molecule has 0 fully saturated rings. The van der Waals surface area contributed by atoms with E-state index in [2.05, 4.69) is 4.74 Å². The van der Waals surface area contributed by atoms with Gasteiger partial charge in [0.05, 0.1) is 3.92 Å². The normalized spacial score (nSPS) is 12.8. The van der Waals surface area contributed by atoms with Gasteiger partial charge in [-0.1, -0.05) is 22.6 Å². The van der Waals surface area contributed by atoms with Crippen LogP contribution in [-0.4, -0.2) is 23.2 Å². The van der Waals surface area contributed by atoms with Crippen LogP contribution in [0, 0.1) is 0 Å². The van der Waals surface area contributed by atoms with E-state index in [1.807, 2.05) is 22.6 Å². The molecule has 0 N–H and O–H groups in total. The summed E-state index contributed by atoms with van der Waals surface area (Å²) in [4.78, 5) is 10.1. The van der Waals surface area contributed by atoms with Gasteiger partial charge in [0.15, 0.2) is 0 Å². The van der Waals surface area contributed by atoms with Crippen molar-refractivity contribution in [3.8, 4) is 0 Å². The molecule has 0 heterocycles. The smallest absolute Gasteiger partial charge is 0.302 e. The summed E-state index contributed by atoms with van der Waals surface area (Å²) in [5, 5.41) is 0. The van der Waals surface area contributed by atoms with Gasteiger partial charge in [-0.15, -0.1) is 0 Å². The number of carbonyl (C=O) groups excluding carboxylic acids is 1. The number of hydrogen-bond donors (Lipinski definition) is 0. The third-order valence-corrected chi connectivity index (χ3v) is 1.33. The van der Waals surface area contributed by atoms with Gasteiger partial charge >= 0.3 is 5.97 Å². The Bertz CT molecular complexity index is 97.0. The summed E-state index contributed by atoms with van der Waals surface area (Å²) < 4.78 is 15.9. The maximum Gasteiger partial charge on any atom is 0.302 e. The van der Waals surface area contributed by atoms with E-state index in [1.165, 1.54) is 6.92 Å². The standard InChI is InChI=1S/C5H8FIO2/c1-4(8)9-3-5(7)2-6/h5H,2-3H2,1H3. The molecule has 1 unspecified atom stereocenters. The minimum Gasteiger partial charge on any atom is -0.465 e. The lowest BCUT2D eigenvalue weighted by atomic mass is 10.5. The number of hydrogen-bond acceptors (Lipinski definition) is 2. The largest absolute Gasteiger partial charge is 0.465 e. The second-order valence-corrected chi connectivity index (χ2v) is 3.32. The van der Waals surface area contributed by atoms with Gasteiger partial charge in [-0.25, -0.2) is 4.39 Å². The summed E-state index contributed by atoms with van der Waals surface area (Å²) in [7, 11) is 0. The van der Waals surface area contributed by atoms with E-state index in [4.69, 9.17) is 0 Å². The molecule has 0 bridgehead atoms. The van der Waals surface area contributed by atoms with Gasteiger partial charge in [0, 0.05) is 6.92 Å². The summed E-state index contributed by atoms with van der Waals surface area (Å²) in [5.74, 6) is -0.356. The Balaban J connectivity index is 3.16. The van der Waals surface area contributed by atoms with E-state index < -0.39 is 6.67 Å². The van der Waals surface area contributed by atoms with Gasteiger partial charge in [-0.3, -0.25) is 4.79 Å². The molecule has 0 amide bonds. The van der Waals surface area contributed by atoms with Crippen LogP contribution in [0.5, 0.6) is 0 Å². The second kappa shape index (κ2) is 4.96. The van der Waals surface area contributed by atoms with Crippen molar-refractivity contribution in [2.24, 2.45) is 0 Å². The molecule has 54 valence electrons. The fourth-order valence-corrected chi connectivity index (χ4v) is 0.432. The van der Waals surface area contributed by atoms with Gasteiger partial charge in [0.1, 0.15) is 13.3 Å². The molecule has 2 nitrogen and oxygen atoms in total. The molecule has 4 heteroatoms. The summed E-state index contributed by atoms with van der Waals surface area (Å²) >= 11 is 1.89. The van der Waals surface area contributed by atoms with Crippen molar-refractivity contribution in [1.29, 1.82) is 0 Å². The average molecular weight is 246 g/mol. The zero-order chi connectivity index (χ0) is 7.28. The third kappa shape index (κ3) is 6.01. The first-order valence-electron chi connectivity index (χ1n) is 2.50. The molecule has 9 heavy (non-hydrogen) atoms. The van der Waals surface area contributed by atoms with Crippen LogP contribution in [0.15, 0.2) is 0 Å². The lowest BCUT2D eigenvalue weighted by molar-refractivity contribution is -0.140. The first kappa shape index (κ1) is 9.13. The van der Waals surface area contributed by atoms with Crippen LogP contribution in [0.4, 0.5) is 4.39 Å². The van der Waals surface area contributed by atoms with Gasteiger partial charge in [-0.2, -0.15) is 0 Å². The molecular formula is C5H8FIO2. The predicted octanol–water partition coefficient (Wildman–Crippen LogP) is 1.32. The van der Waals surface area contributed by atoms with E-state index in [0.29, 0.717) is 0 Å². The Morgan fingerprint density at radius 3 is 2.78 bits per heavy atom. The van der Waals surface area contributed by atoms with Crippen LogP contribution in [0.2, 0.25) is 0 Å². The summed E-state index contributed by atoms with van der Waals surface area (Å²) in [6.45, 7) is 1.03. The maximum absolute atomic E-state index is 11.6. The Hall–Kier alpha value is 0.130. The summed E-state index contributed by atoms with van der Waals surface area (Å²) in [5.41, 5.74) is 0. The quantitative estimate of drug-likeness (QED) is 0.426. The van der Waals surface area contributed by atoms with Crippen molar-refractivity contribution < 1.29 is 13.9 Å². The SMILES string of the molecule is CC(=O)OCC(I)CF. The fraction of sp³-hybridized carbons (Fsp3) is 0.800. The lowest BCUT2D eigenvalue weighted by Gasteiger charge is -2.03. The van der Waals surface area contributed by atoms with Crippen LogP contribution in [-0.2, 0) is 9.53 Å². The highest BCUT2D eigenvalue weighted by atomic mass is 127. The van der Waals surface area contributed by atoms with E-state index >= 15 is 0 Å². The number of ether oxygens (including phenoxy) is 1. The van der Waals surface area contributed by atoms with Crippen molar-refractivity contribution in [1.82, 2.24) is 0 Å². The molecule has 0 aliphatic rings. The molecule has 0 aromatic carbocycles. The van der Waals surface area contributed by atoms with Crippen molar-refractivity contribution in [2.75, 3.05) is 13.3 Å². The molecule has 0 saturated carbocycles. The number of rotatable bonds is 3. The molecule has 0 spiro atoms. The highest BCUT2D eigenvalue weighted by Gasteiger charge is 2.03. The molecule has 0 saturated heterocycles. The van der Waals surface area contributed by atoms with E-state index in [1.54, 1.807) is 0 Å². The zero-order valence-corrected chi connectivity index (χ0v) is 7.22. The number of halogens is 2. The first-order valence-corrected chi connectivity index (χ1v) is 3.74. The van der Waals surface area contributed by atoms with Crippen LogP contribution in [0.1, 0.15) is 6.92 Å². The number of alkyl halides is 2. The number of carbonyl (C=O) groups is 1. The molecule has 0 aliphatic heterocycles. The summed E-state index contributed by atoms with van der Waals surface area (Å²) in [6.07, 6.45) is 0. The molecule has 0 radical (unpaired) electrons. The highest BCUT2D eigenvalue weighted by molar-refractivity contribution is 14.1. The Morgan fingerprint density at radius 1 is 1.89 bits per heavy atom. The van der Waals surface area contributed by atoms with Gasteiger partial charge < -0.3 is 4.74 Å². The van der Waals surface area contributed by atoms with Gasteiger partial charge in [0.2, 0.25) is 0 Å². The van der Waals surface area contributed by atoms with E-state index in [0.717, 1.165) is 0 Å². The number of esters is 1. The maximum atomic E-state index is 11.6. The Labute approximate surface area is 66.9 Å². The zero-order valence-electron chi connectivity index (χ0n) is 5.06. The van der Waals surface area contributed by atoms with Crippen LogP contribution < -0.4 is 0 Å². The predicted molar refractivity (Wildman–Crippen MR) is 40.4 cm³/mol. The third-order valence-electron chi connectivity index (χ3n) is 0.635. The van der Waals surface area contributed by atoms with Gasteiger partial charge in [0.25, 0.3) is 0 Å². The summed E-state index contributed by atoms with van der Waals surface area (Å²) in [6, 6.07) is 0. The molecule has 0 aromatic rings. The van der Waals surface area contributed by atoms with Crippen molar-refractivity contribution in [2.45, 2.75) is 10.8 Å². The van der Waals surface area contributed by atoms with Crippen LogP contribution in [0.3, 0.4) is 0 Å². The first-order chi connectivity index (χ1) is 4.16. The molecular weight excluding hydrogens is 238 g/mol.